The second-order valence-electron chi connectivity index (χ2n) is 10.3. The number of hydrogen-bond donors (Lipinski definition) is 1. The lowest BCUT2D eigenvalue weighted by Gasteiger charge is -2.36. The van der Waals surface area contributed by atoms with Gasteiger partial charge in [-0.2, -0.15) is 5.10 Å². The average molecular weight is 533 g/mol. The number of hydrogen-bond acceptors (Lipinski definition) is 7. The van der Waals surface area contributed by atoms with Gasteiger partial charge in [0.25, 0.3) is 5.91 Å². The van der Waals surface area contributed by atoms with Crippen molar-refractivity contribution in [2.24, 2.45) is 11.3 Å². The van der Waals surface area contributed by atoms with E-state index in [9.17, 15) is 18.0 Å². The normalized spacial score (nSPS) is 18.2. The standard InChI is InChI=1S/C26H36N4O6S/c1-5-30-23-21(15-26(17-27-24(23)31)10-12-35-13-11-26)22(28-30)14-18(2)16-36-25(32)19-6-8-20(9-7-19)37(33,34)29(3)4/h6-9,18H,5,10-17H2,1-4H3,(H,27,31)/t18-/m1/s1. The van der Waals surface area contributed by atoms with Crippen LogP contribution in [0.2, 0.25) is 0 Å². The van der Waals surface area contributed by atoms with Crippen LogP contribution in [0.5, 0.6) is 0 Å². The number of ether oxygens (including phenoxy) is 2. The van der Waals surface area contributed by atoms with Crippen molar-refractivity contribution in [3.05, 3.63) is 46.8 Å². The van der Waals surface area contributed by atoms with E-state index in [1.807, 2.05) is 13.8 Å². The summed E-state index contributed by atoms with van der Waals surface area (Å²) < 4.78 is 38.5. The molecule has 1 atom stereocenters. The van der Waals surface area contributed by atoms with Gasteiger partial charge in [0, 0.05) is 46.0 Å². The molecule has 0 unspecified atom stereocenters. The van der Waals surface area contributed by atoms with Crippen LogP contribution < -0.4 is 5.32 Å². The van der Waals surface area contributed by atoms with Crippen LogP contribution in [-0.4, -0.2) is 74.8 Å². The Labute approximate surface area is 218 Å². The molecule has 1 N–H and O–H groups in total. The predicted molar refractivity (Wildman–Crippen MR) is 137 cm³/mol. The third-order valence-electron chi connectivity index (χ3n) is 7.29. The molecule has 1 aromatic carbocycles. The van der Waals surface area contributed by atoms with Crippen molar-refractivity contribution in [1.82, 2.24) is 19.4 Å². The molecule has 0 aliphatic carbocycles. The molecule has 4 rings (SSSR count). The Morgan fingerprint density at radius 3 is 2.54 bits per heavy atom. The van der Waals surface area contributed by atoms with E-state index in [0.29, 0.717) is 38.4 Å². The van der Waals surface area contributed by atoms with Crippen LogP contribution in [0.4, 0.5) is 0 Å². The van der Waals surface area contributed by atoms with E-state index in [1.165, 1.54) is 38.4 Å². The lowest BCUT2D eigenvalue weighted by molar-refractivity contribution is 0.0160. The lowest BCUT2D eigenvalue weighted by Crippen LogP contribution is -2.40. The number of amides is 1. The fourth-order valence-corrected chi connectivity index (χ4v) is 5.89. The summed E-state index contributed by atoms with van der Waals surface area (Å²) in [6, 6.07) is 5.72. The van der Waals surface area contributed by atoms with Gasteiger partial charge in [-0.15, -0.1) is 0 Å². The number of benzene rings is 1. The van der Waals surface area contributed by atoms with Crippen molar-refractivity contribution in [2.45, 2.75) is 51.0 Å². The summed E-state index contributed by atoms with van der Waals surface area (Å²) in [5, 5.41) is 7.89. The molecule has 1 saturated heterocycles. The van der Waals surface area contributed by atoms with Crippen LogP contribution >= 0.6 is 0 Å². The van der Waals surface area contributed by atoms with Gasteiger partial charge in [0.15, 0.2) is 0 Å². The zero-order valence-electron chi connectivity index (χ0n) is 22.0. The average Bonchev–Trinajstić information content (AvgIpc) is 3.15. The smallest absolute Gasteiger partial charge is 0.338 e. The van der Waals surface area contributed by atoms with Gasteiger partial charge in [0.1, 0.15) is 5.69 Å². The summed E-state index contributed by atoms with van der Waals surface area (Å²) in [6.07, 6.45) is 3.13. The van der Waals surface area contributed by atoms with Crippen LogP contribution in [0.25, 0.3) is 0 Å². The second-order valence-corrected chi connectivity index (χ2v) is 12.4. The number of rotatable bonds is 8. The van der Waals surface area contributed by atoms with Crippen LogP contribution in [0.1, 0.15) is 58.8 Å². The summed E-state index contributed by atoms with van der Waals surface area (Å²) in [5.74, 6) is -0.629. The van der Waals surface area contributed by atoms with E-state index in [0.717, 1.165) is 34.8 Å². The summed E-state index contributed by atoms with van der Waals surface area (Å²) >= 11 is 0. The topological polar surface area (TPSA) is 120 Å². The summed E-state index contributed by atoms with van der Waals surface area (Å²) in [7, 11) is -0.657. The Morgan fingerprint density at radius 2 is 1.92 bits per heavy atom. The van der Waals surface area contributed by atoms with Crippen molar-refractivity contribution < 1.29 is 27.5 Å². The molecule has 37 heavy (non-hydrogen) atoms. The number of carbonyl (C=O) groups is 2. The van der Waals surface area contributed by atoms with Crippen molar-refractivity contribution in [3.63, 3.8) is 0 Å². The Balaban J connectivity index is 1.45. The molecule has 202 valence electrons. The highest BCUT2D eigenvalue weighted by Crippen LogP contribution is 2.38. The number of aromatic nitrogens is 2. The van der Waals surface area contributed by atoms with Gasteiger partial charge in [-0.1, -0.05) is 6.92 Å². The molecule has 0 bridgehead atoms. The highest BCUT2D eigenvalue weighted by Gasteiger charge is 2.39. The van der Waals surface area contributed by atoms with Crippen LogP contribution in [0, 0.1) is 11.3 Å². The van der Waals surface area contributed by atoms with Crippen molar-refractivity contribution in [2.75, 3.05) is 40.5 Å². The van der Waals surface area contributed by atoms with E-state index >= 15 is 0 Å². The predicted octanol–water partition coefficient (Wildman–Crippen LogP) is 2.27. The number of carbonyl (C=O) groups excluding carboxylic acids is 2. The maximum Gasteiger partial charge on any atom is 0.338 e. The first kappa shape index (κ1) is 27.3. The first-order valence-corrected chi connectivity index (χ1v) is 14.1. The molecule has 10 nitrogen and oxygen atoms in total. The van der Waals surface area contributed by atoms with Crippen molar-refractivity contribution in [3.8, 4) is 0 Å². The zero-order chi connectivity index (χ0) is 26.8. The first-order valence-electron chi connectivity index (χ1n) is 12.7. The van der Waals surface area contributed by atoms with Gasteiger partial charge in [-0.3, -0.25) is 9.48 Å². The third kappa shape index (κ3) is 5.73. The van der Waals surface area contributed by atoms with E-state index in [4.69, 9.17) is 14.6 Å². The Kier molecular flexibility index (Phi) is 8.05. The maximum absolute atomic E-state index is 13.0. The SMILES string of the molecule is CCn1nc(C[C@@H](C)COC(=O)c2ccc(S(=O)(=O)N(C)C)cc2)c2c1C(=O)NCC1(CCOCC1)C2. The number of fused-ring (bicyclic) bond motifs is 1. The molecule has 3 heterocycles. The number of aryl methyl sites for hydroxylation is 1. The van der Waals surface area contributed by atoms with E-state index in [2.05, 4.69) is 5.32 Å². The largest absolute Gasteiger partial charge is 0.462 e. The first-order chi connectivity index (χ1) is 17.6. The highest BCUT2D eigenvalue weighted by molar-refractivity contribution is 7.89. The molecule has 2 aliphatic rings. The Bertz CT molecular complexity index is 1250. The molecular formula is C26H36N4O6S. The minimum absolute atomic E-state index is 0.0291. The van der Waals surface area contributed by atoms with Crippen LogP contribution in [0.15, 0.2) is 29.2 Å². The highest BCUT2D eigenvalue weighted by atomic mass is 32.2. The summed E-state index contributed by atoms with van der Waals surface area (Å²) in [4.78, 5) is 25.7. The van der Waals surface area contributed by atoms with Gasteiger partial charge in [-0.05, 0) is 68.2 Å². The number of sulfonamides is 1. The molecule has 0 radical (unpaired) electrons. The molecule has 1 aromatic heterocycles. The molecule has 0 saturated carbocycles. The fraction of sp³-hybridized carbons (Fsp3) is 0.577. The Hall–Kier alpha value is -2.76. The number of nitrogens with zero attached hydrogens (tertiary/aromatic N) is 3. The minimum atomic E-state index is -3.57. The molecule has 2 aliphatic heterocycles. The monoisotopic (exact) mass is 532 g/mol. The fourth-order valence-electron chi connectivity index (χ4n) is 4.99. The number of nitrogens with one attached hydrogen (secondary N) is 1. The summed E-state index contributed by atoms with van der Waals surface area (Å²) in [5.41, 5.74) is 2.76. The van der Waals surface area contributed by atoms with E-state index in [-0.39, 0.29) is 34.3 Å². The summed E-state index contributed by atoms with van der Waals surface area (Å²) in [6.45, 7) is 6.74. The van der Waals surface area contributed by atoms with Gasteiger partial charge in [0.05, 0.1) is 22.8 Å². The van der Waals surface area contributed by atoms with Crippen LogP contribution in [0.3, 0.4) is 0 Å². The zero-order valence-corrected chi connectivity index (χ0v) is 22.8. The lowest BCUT2D eigenvalue weighted by atomic mass is 9.75. The molecule has 1 spiro atoms. The van der Waals surface area contributed by atoms with Gasteiger partial charge in [-0.25, -0.2) is 17.5 Å². The van der Waals surface area contributed by atoms with Crippen molar-refractivity contribution in [1.29, 1.82) is 0 Å². The number of esters is 1. The minimum Gasteiger partial charge on any atom is -0.462 e. The molecular weight excluding hydrogens is 496 g/mol. The van der Waals surface area contributed by atoms with Gasteiger partial charge >= 0.3 is 5.97 Å². The Morgan fingerprint density at radius 1 is 1.24 bits per heavy atom. The molecule has 2 aromatic rings. The van der Waals surface area contributed by atoms with Gasteiger partial charge in [0.2, 0.25) is 10.0 Å². The van der Waals surface area contributed by atoms with E-state index < -0.39 is 16.0 Å². The molecule has 1 amide bonds. The second kappa shape index (κ2) is 10.9. The van der Waals surface area contributed by atoms with Gasteiger partial charge < -0.3 is 14.8 Å². The third-order valence-corrected chi connectivity index (χ3v) is 9.12. The van der Waals surface area contributed by atoms with E-state index in [1.54, 1.807) is 4.68 Å². The molecule has 1 fully saturated rings. The molecule has 11 heteroatoms. The quantitative estimate of drug-likeness (QED) is 0.518. The maximum atomic E-state index is 13.0. The van der Waals surface area contributed by atoms with Crippen molar-refractivity contribution >= 4 is 21.9 Å². The van der Waals surface area contributed by atoms with Crippen LogP contribution in [-0.2, 0) is 38.9 Å².